The SMILES string of the molecule is CN=C(NCCOc1cccc(C)c1)NCCc1ccc(OC)cc1.I. The quantitative estimate of drug-likeness (QED) is 0.269. The van der Waals surface area contributed by atoms with E-state index in [0.29, 0.717) is 13.2 Å². The van der Waals surface area contributed by atoms with Crippen LogP contribution in [0.3, 0.4) is 0 Å². The molecule has 142 valence electrons. The van der Waals surface area contributed by atoms with Crippen LogP contribution in [-0.4, -0.2) is 39.8 Å². The number of hydrogen-bond donors (Lipinski definition) is 2. The van der Waals surface area contributed by atoms with Crippen molar-refractivity contribution in [2.45, 2.75) is 13.3 Å². The number of nitrogens with zero attached hydrogens (tertiary/aromatic N) is 1. The maximum Gasteiger partial charge on any atom is 0.191 e. The van der Waals surface area contributed by atoms with E-state index in [0.717, 1.165) is 30.4 Å². The molecule has 0 amide bonds. The van der Waals surface area contributed by atoms with Crippen LogP contribution in [0, 0.1) is 6.92 Å². The maximum absolute atomic E-state index is 5.72. The topological polar surface area (TPSA) is 54.9 Å². The van der Waals surface area contributed by atoms with Gasteiger partial charge in [0.1, 0.15) is 18.1 Å². The van der Waals surface area contributed by atoms with Gasteiger partial charge >= 0.3 is 0 Å². The molecule has 5 nitrogen and oxygen atoms in total. The Hall–Kier alpha value is -1.96. The van der Waals surface area contributed by atoms with Gasteiger partial charge in [-0.05, 0) is 48.7 Å². The number of benzene rings is 2. The van der Waals surface area contributed by atoms with Gasteiger partial charge in [0, 0.05) is 13.6 Å². The van der Waals surface area contributed by atoms with Crippen LogP contribution < -0.4 is 20.1 Å². The lowest BCUT2D eigenvalue weighted by Gasteiger charge is -2.13. The highest BCUT2D eigenvalue weighted by Gasteiger charge is 1.99. The molecule has 0 radical (unpaired) electrons. The van der Waals surface area contributed by atoms with Crippen molar-refractivity contribution in [3.05, 3.63) is 59.7 Å². The highest BCUT2D eigenvalue weighted by Crippen LogP contribution is 2.12. The maximum atomic E-state index is 5.72. The molecule has 0 spiro atoms. The van der Waals surface area contributed by atoms with E-state index in [-0.39, 0.29) is 24.0 Å². The van der Waals surface area contributed by atoms with E-state index in [1.165, 1.54) is 11.1 Å². The number of guanidine groups is 1. The predicted octanol–water partition coefficient (Wildman–Crippen LogP) is 3.41. The van der Waals surface area contributed by atoms with Crippen molar-refractivity contribution in [3.8, 4) is 11.5 Å². The first-order chi connectivity index (χ1) is 12.2. The summed E-state index contributed by atoms with van der Waals surface area (Å²) in [6.45, 7) is 4.14. The molecule has 0 aliphatic carbocycles. The number of hydrogen-bond acceptors (Lipinski definition) is 3. The van der Waals surface area contributed by atoms with Gasteiger partial charge in [-0.3, -0.25) is 4.99 Å². The second-order valence-electron chi connectivity index (χ2n) is 5.69. The molecule has 0 atom stereocenters. The summed E-state index contributed by atoms with van der Waals surface area (Å²) in [6.07, 6.45) is 0.921. The van der Waals surface area contributed by atoms with Gasteiger partial charge in [0.2, 0.25) is 0 Å². The average molecular weight is 469 g/mol. The van der Waals surface area contributed by atoms with E-state index in [9.17, 15) is 0 Å². The number of ether oxygens (including phenoxy) is 2. The number of halogens is 1. The molecule has 2 rings (SSSR count). The van der Waals surface area contributed by atoms with Crippen molar-refractivity contribution in [2.75, 3.05) is 33.9 Å². The second kappa shape index (κ2) is 12.4. The molecule has 0 aliphatic heterocycles. The third kappa shape index (κ3) is 7.95. The monoisotopic (exact) mass is 469 g/mol. The molecule has 2 aromatic carbocycles. The highest BCUT2D eigenvalue weighted by atomic mass is 127. The van der Waals surface area contributed by atoms with Crippen LogP contribution in [0.15, 0.2) is 53.5 Å². The Morgan fingerprint density at radius 3 is 2.38 bits per heavy atom. The molecule has 6 heteroatoms. The second-order valence-corrected chi connectivity index (χ2v) is 5.69. The van der Waals surface area contributed by atoms with Crippen LogP contribution in [0.4, 0.5) is 0 Å². The summed E-state index contributed by atoms with van der Waals surface area (Å²) < 4.78 is 10.9. The molecule has 0 fully saturated rings. The minimum atomic E-state index is 0. The largest absolute Gasteiger partial charge is 0.497 e. The zero-order valence-corrected chi connectivity index (χ0v) is 17.9. The van der Waals surface area contributed by atoms with Gasteiger partial charge in [-0.25, -0.2) is 0 Å². The minimum Gasteiger partial charge on any atom is -0.497 e. The first-order valence-corrected chi connectivity index (χ1v) is 8.48. The smallest absolute Gasteiger partial charge is 0.191 e. The van der Waals surface area contributed by atoms with Gasteiger partial charge in [-0.2, -0.15) is 0 Å². The summed E-state index contributed by atoms with van der Waals surface area (Å²) in [4.78, 5) is 4.22. The molecule has 0 aliphatic rings. The Bertz CT molecular complexity index is 675. The summed E-state index contributed by atoms with van der Waals surface area (Å²) >= 11 is 0. The first-order valence-electron chi connectivity index (χ1n) is 8.48. The van der Waals surface area contributed by atoms with Crippen molar-refractivity contribution < 1.29 is 9.47 Å². The van der Waals surface area contributed by atoms with Crippen molar-refractivity contribution in [1.29, 1.82) is 0 Å². The van der Waals surface area contributed by atoms with Crippen molar-refractivity contribution in [1.82, 2.24) is 10.6 Å². The van der Waals surface area contributed by atoms with E-state index in [4.69, 9.17) is 9.47 Å². The number of aliphatic imine (C=N–C) groups is 1. The Morgan fingerprint density at radius 2 is 1.73 bits per heavy atom. The van der Waals surface area contributed by atoms with Crippen molar-refractivity contribution >= 4 is 29.9 Å². The minimum absolute atomic E-state index is 0. The van der Waals surface area contributed by atoms with E-state index < -0.39 is 0 Å². The van der Waals surface area contributed by atoms with Crippen LogP contribution in [-0.2, 0) is 6.42 Å². The van der Waals surface area contributed by atoms with E-state index >= 15 is 0 Å². The number of aryl methyl sites for hydroxylation is 1. The lowest BCUT2D eigenvalue weighted by molar-refractivity contribution is 0.321. The predicted molar refractivity (Wildman–Crippen MR) is 118 cm³/mol. The molecule has 0 unspecified atom stereocenters. The average Bonchev–Trinajstić information content (AvgIpc) is 2.64. The van der Waals surface area contributed by atoms with E-state index in [2.05, 4.69) is 40.7 Å². The van der Waals surface area contributed by atoms with Gasteiger partial charge in [-0.15, -0.1) is 24.0 Å². The number of rotatable bonds is 8. The molecule has 0 saturated heterocycles. The lowest BCUT2D eigenvalue weighted by Crippen LogP contribution is -2.40. The molecule has 2 aromatic rings. The van der Waals surface area contributed by atoms with Crippen molar-refractivity contribution in [2.24, 2.45) is 4.99 Å². The third-order valence-corrected chi connectivity index (χ3v) is 3.74. The fraction of sp³-hybridized carbons (Fsp3) is 0.350. The van der Waals surface area contributed by atoms with E-state index in [1.807, 2.05) is 30.3 Å². The molecule has 0 heterocycles. The zero-order chi connectivity index (χ0) is 17.9. The van der Waals surface area contributed by atoms with Crippen LogP contribution in [0.2, 0.25) is 0 Å². The summed E-state index contributed by atoms with van der Waals surface area (Å²) in [7, 11) is 3.44. The fourth-order valence-corrected chi connectivity index (χ4v) is 2.38. The van der Waals surface area contributed by atoms with Crippen LogP contribution in [0.5, 0.6) is 11.5 Å². The molecule has 2 N–H and O–H groups in total. The van der Waals surface area contributed by atoms with Crippen LogP contribution >= 0.6 is 24.0 Å². The number of nitrogens with one attached hydrogen (secondary N) is 2. The Labute approximate surface area is 173 Å². The number of methoxy groups -OCH3 is 1. The van der Waals surface area contributed by atoms with Gasteiger partial charge in [0.15, 0.2) is 5.96 Å². The summed E-state index contributed by atoms with van der Waals surface area (Å²) in [5, 5.41) is 6.56. The molecule has 0 aromatic heterocycles. The Kier molecular flexibility index (Phi) is 10.5. The van der Waals surface area contributed by atoms with Gasteiger partial charge in [0.05, 0.1) is 13.7 Å². The van der Waals surface area contributed by atoms with Gasteiger partial charge in [0.25, 0.3) is 0 Å². The molecular weight excluding hydrogens is 441 g/mol. The third-order valence-electron chi connectivity index (χ3n) is 3.74. The standard InChI is InChI=1S/C20H27N3O2.HI/c1-16-5-4-6-19(15-16)25-14-13-23-20(21-2)22-12-11-17-7-9-18(24-3)10-8-17;/h4-10,15H,11-14H2,1-3H3,(H2,21,22,23);1H. The Balaban J connectivity index is 0.00000338. The van der Waals surface area contributed by atoms with Crippen LogP contribution in [0.1, 0.15) is 11.1 Å². The van der Waals surface area contributed by atoms with E-state index in [1.54, 1.807) is 14.2 Å². The highest BCUT2D eigenvalue weighted by molar-refractivity contribution is 14.0. The van der Waals surface area contributed by atoms with Crippen molar-refractivity contribution in [3.63, 3.8) is 0 Å². The molecule has 0 saturated carbocycles. The normalized spacial score (nSPS) is 10.7. The molecule has 0 bridgehead atoms. The lowest BCUT2D eigenvalue weighted by atomic mass is 10.1. The van der Waals surface area contributed by atoms with Gasteiger partial charge in [-0.1, -0.05) is 24.3 Å². The fourth-order valence-electron chi connectivity index (χ4n) is 2.38. The summed E-state index contributed by atoms with van der Waals surface area (Å²) in [5.74, 6) is 2.55. The zero-order valence-electron chi connectivity index (χ0n) is 15.6. The first kappa shape index (κ1) is 22.1. The summed E-state index contributed by atoms with van der Waals surface area (Å²) in [5.41, 5.74) is 2.45. The Morgan fingerprint density at radius 1 is 1.00 bits per heavy atom. The summed E-state index contributed by atoms with van der Waals surface area (Å²) in [6, 6.07) is 16.2. The molecule has 26 heavy (non-hydrogen) atoms. The van der Waals surface area contributed by atoms with Crippen LogP contribution in [0.25, 0.3) is 0 Å². The molecular formula is C20H28IN3O2. The van der Waals surface area contributed by atoms with Gasteiger partial charge < -0.3 is 20.1 Å².